The molecule has 2 heterocycles. The van der Waals surface area contributed by atoms with Crippen molar-refractivity contribution in [1.29, 1.82) is 0 Å². The first-order valence-corrected chi connectivity index (χ1v) is 10.0. The maximum Gasteiger partial charge on any atom is 0.325 e. The molecular formula is C23H17ClN4O3. The van der Waals surface area contributed by atoms with E-state index in [0.717, 1.165) is 21.2 Å². The van der Waals surface area contributed by atoms with Gasteiger partial charge >= 0.3 is 6.03 Å². The molecule has 1 atom stereocenters. The van der Waals surface area contributed by atoms with Crippen LogP contribution in [0.3, 0.4) is 0 Å². The number of halogens is 1. The van der Waals surface area contributed by atoms with E-state index in [4.69, 9.17) is 16.0 Å². The van der Waals surface area contributed by atoms with Gasteiger partial charge in [0.1, 0.15) is 12.1 Å². The Bertz CT molecular complexity index is 1310. The Morgan fingerprint density at radius 2 is 1.74 bits per heavy atom. The maximum absolute atomic E-state index is 13.3. The van der Waals surface area contributed by atoms with Crippen LogP contribution in [0.25, 0.3) is 22.2 Å². The number of hydrogen-bond donors (Lipinski definition) is 1. The molecule has 1 N–H and O–H groups in total. The zero-order valence-corrected chi connectivity index (χ0v) is 17.3. The Morgan fingerprint density at radius 3 is 2.55 bits per heavy atom. The number of hydrogen-bond acceptors (Lipinski definition) is 5. The average molecular weight is 433 g/mol. The van der Waals surface area contributed by atoms with E-state index < -0.39 is 11.6 Å². The molecule has 0 bridgehead atoms. The topological polar surface area (TPSA) is 88.3 Å². The first-order chi connectivity index (χ1) is 15.0. The highest BCUT2D eigenvalue weighted by molar-refractivity contribution is 6.30. The van der Waals surface area contributed by atoms with Crippen molar-refractivity contribution in [2.45, 2.75) is 19.0 Å². The molecule has 1 fully saturated rings. The largest absolute Gasteiger partial charge is 0.419 e. The summed E-state index contributed by atoms with van der Waals surface area (Å²) in [4.78, 5) is 27.2. The molecule has 1 unspecified atom stereocenters. The number of urea groups is 1. The molecule has 1 aromatic heterocycles. The normalized spacial score (nSPS) is 18.6. The van der Waals surface area contributed by atoms with E-state index >= 15 is 0 Å². The van der Waals surface area contributed by atoms with Gasteiger partial charge in [0.25, 0.3) is 5.91 Å². The highest BCUT2D eigenvalue weighted by atomic mass is 35.5. The summed E-state index contributed by atoms with van der Waals surface area (Å²) in [7, 11) is 0. The van der Waals surface area contributed by atoms with Gasteiger partial charge in [-0.05, 0) is 47.5 Å². The van der Waals surface area contributed by atoms with Crippen LogP contribution in [0.5, 0.6) is 0 Å². The summed E-state index contributed by atoms with van der Waals surface area (Å²) in [5, 5.41) is 13.3. The number of imide groups is 1. The summed E-state index contributed by atoms with van der Waals surface area (Å²) < 4.78 is 5.67. The first kappa shape index (κ1) is 19.3. The van der Waals surface area contributed by atoms with Gasteiger partial charge in [0.15, 0.2) is 0 Å². The van der Waals surface area contributed by atoms with E-state index in [1.54, 1.807) is 31.2 Å². The Kier molecular flexibility index (Phi) is 4.48. The lowest BCUT2D eigenvalue weighted by Gasteiger charge is -2.23. The van der Waals surface area contributed by atoms with Gasteiger partial charge in [-0.3, -0.25) is 9.69 Å². The molecule has 31 heavy (non-hydrogen) atoms. The lowest BCUT2D eigenvalue weighted by atomic mass is 9.88. The molecule has 5 rings (SSSR count). The number of fused-ring (bicyclic) bond motifs is 1. The lowest BCUT2D eigenvalue weighted by Crippen LogP contribution is -2.41. The third kappa shape index (κ3) is 3.23. The number of rotatable bonds is 4. The molecular weight excluding hydrogens is 416 g/mol. The summed E-state index contributed by atoms with van der Waals surface area (Å²) in [5.74, 6) is 0.0752. The van der Waals surface area contributed by atoms with Crippen LogP contribution in [0.4, 0.5) is 4.79 Å². The van der Waals surface area contributed by atoms with Crippen molar-refractivity contribution in [3.8, 4) is 11.5 Å². The predicted octanol–water partition coefficient (Wildman–Crippen LogP) is 4.51. The molecule has 7 nitrogen and oxygen atoms in total. The van der Waals surface area contributed by atoms with E-state index in [-0.39, 0.29) is 24.2 Å². The molecule has 1 aliphatic heterocycles. The maximum atomic E-state index is 13.3. The van der Waals surface area contributed by atoms with Gasteiger partial charge in [0.2, 0.25) is 11.8 Å². The molecule has 154 valence electrons. The van der Waals surface area contributed by atoms with Crippen molar-refractivity contribution in [1.82, 2.24) is 20.4 Å². The zero-order valence-electron chi connectivity index (χ0n) is 16.5. The Hall–Kier alpha value is -3.71. The van der Waals surface area contributed by atoms with Crippen LogP contribution in [-0.4, -0.2) is 27.0 Å². The van der Waals surface area contributed by atoms with Gasteiger partial charge in [-0.15, -0.1) is 10.2 Å². The quantitative estimate of drug-likeness (QED) is 0.479. The lowest BCUT2D eigenvalue weighted by molar-refractivity contribution is -0.131. The van der Waals surface area contributed by atoms with E-state index in [2.05, 4.69) is 15.5 Å². The summed E-state index contributed by atoms with van der Waals surface area (Å²) in [6.45, 7) is 1.59. The number of nitrogens with one attached hydrogen (secondary N) is 1. The smallest absolute Gasteiger partial charge is 0.325 e. The standard InChI is InChI=1S/C23H17ClN4O3/c1-23(18-8-4-6-14-5-2-3-7-17(14)18)21(29)28(22(30)25-23)13-19-26-27-20(31-19)15-9-11-16(24)12-10-15/h2-12H,13H2,1H3,(H,25,30). The van der Waals surface area contributed by atoms with Gasteiger partial charge in [-0.1, -0.05) is 54.1 Å². The molecule has 4 aromatic rings. The van der Waals surface area contributed by atoms with Crippen LogP contribution >= 0.6 is 11.6 Å². The Morgan fingerprint density at radius 1 is 1.00 bits per heavy atom. The van der Waals surface area contributed by atoms with Gasteiger partial charge in [0, 0.05) is 10.6 Å². The third-order valence-electron chi connectivity index (χ3n) is 5.45. The van der Waals surface area contributed by atoms with Gasteiger partial charge in [-0.25, -0.2) is 4.79 Å². The number of aromatic nitrogens is 2. The molecule has 0 saturated carbocycles. The van der Waals surface area contributed by atoms with Crippen molar-refractivity contribution >= 4 is 34.3 Å². The minimum absolute atomic E-state index is 0.119. The van der Waals surface area contributed by atoms with Gasteiger partial charge in [0.05, 0.1) is 0 Å². The van der Waals surface area contributed by atoms with Crippen LogP contribution in [0.2, 0.25) is 5.02 Å². The van der Waals surface area contributed by atoms with Crippen LogP contribution in [-0.2, 0) is 16.9 Å². The summed E-state index contributed by atoms with van der Waals surface area (Å²) in [6, 6.07) is 19.9. The van der Waals surface area contributed by atoms with Crippen LogP contribution in [0, 0.1) is 0 Å². The minimum atomic E-state index is -1.20. The van der Waals surface area contributed by atoms with Crippen molar-refractivity contribution in [3.05, 3.63) is 83.2 Å². The second kappa shape index (κ2) is 7.21. The average Bonchev–Trinajstić information content (AvgIpc) is 3.33. The number of carbonyl (C=O) groups excluding carboxylic acids is 2. The second-order valence-corrected chi connectivity index (χ2v) is 7.92. The van der Waals surface area contributed by atoms with E-state index in [1.807, 2.05) is 42.5 Å². The molecule has 1 saturated heterocycles. The minimum Gasteiger partial charge on any atom is -0.419 e. The Balaban J connectivity index is 1.44. The van der Waals surface area contributed by atoms with Gasteiger partial charge in [-0.2, -0.15) is 0 Å². The summed E-state index contributed by atoms with van der Waals surface area (Å²) in [5.41, 5.74) is 0.233. The molecule has 3 aromatic carbocycles. The van der Waals surface area contributed by atoms with Crippen molar-refractivity contribution in [2.75, 3.05) is 0 Å². The van der Waals surface area contributed by atoms with E-state index in [1.165, 1.54) is 0 Å². The molecule has 8 heteroatoms. The molecule has 3 amide bonds. The van der Waals surface area contributed by atoms with Crippen molar-refractivity contribution in [3.63, 3.8) is 0 Å². The molecule has 0 spiro atoms. The fourth-order valence-corrected chi connectivity index (χ4v) is 3.97. The first-order valence-electron chi connectivity index (χ1n) is 9.66. The number of amides is 3. The zero-order chi connectivity index (χ0) is 21.6. The fraction of sp³-hybridized carbons (Fsp3) is 0.130. The highest BCUT2D eigenvalue weighted by Crippen LogP contribution is 2.34. The van der Waals surface area contributed by atoms with Crippen LogP contribution in [0.1, 0.15) is 18.4 Å². The second-order valence-electron chi connectivity index (χ2n) is 7.48. The molecule has 1 aliphatic rings. The van der Waals surface area contributed by atoms with E-state index in [9.17, 15) is 9.59 Å². The third-order valence-corrected chi connectivity index (χ3v) is 5.71. The fourth-order valence-electron chi connectivity index (χ4n) is 3.85. The van der Waals surface area contributed by atoms with Crippen molar-refractivity contribution < 1.29 is 14.0 Å². The number of carbonyl (C=O) groups is 2. The van der Waals surface area contributed by atoms with Crippen LogP contribution < -0.4 is 5.32 Å². The summed E-state index contributed by atoms with van der Waals surface area (Å²) >= 11 is 5.91. The summed E-state index contributed by atoms with van der Waals surface area (Å²) in [6.07, 6.45) is 0. The molecule has 0 radical (unpaired) electrons. The number of nitrogens with zero attached hydrogens (tertiary/aromatic N) is 3. The van der Waals surface area contributed by atoms with Crippen molar-refractivity contribution in [2.24, 2.45) is 0 Å². The van der Waals surface area contributed by atoms with E-state index in [0.29, 0.717) is 10.6 Å². The predicted molar refractivity (Wildman–Crippen MR) is 115 cm³/mol. The SMILES string of the molecule is CC1(c2cccc3ccccc23)NC(=O)N(Cc2nnc(-c3ccc(Cl)cc3)o2)C1=O. The molecule has 0 aliphatic carbocycles. The highest BCUT2D eigenvalue weighted by Gasteiger charge is 2.50. The van der Waals surface area contributed by atoms with Gasteiger partial charge < -0.3 is 9.73 Å². The monoisotopic (exact) mass is 432 g/mol. The Labute approximate surface area is 182 Å². The number of benzene rings is 3. The van der Waals surface area contributed by atoms with Crippen LogP contribution in [0.15, 0.2) is 71.1 Å².